The third kappa shape index (κ3) is 7.25. The van der Waals surface area contributed by atoms with Crippen molar-refractivity contribution < 1.29 is 23.8 Å². The molecule has 0 radical (unpaired) electrons. The van der Waals surface area contributed by atoms with Crippen LogP contribution in [0, 0.1) is 5.92 Å². The molecule has 3 rings (SSSR count). The molecule has 0 aromatic rings. The monoisotopic (exact) mass is 316 g/mol. The van der Waals surface area contributed by atoms with Crippen LogP contribution < -0.4 is 0 Å². The number of hydrogen-bond acceptors (Lipinski definition) is 5. The zero-order valence-electron chi connectivity index (χ0n) is 15.2. The second-order valence-electron chi connectivity index (χ2n) is 6.56. The van der Waals surface area contributed by atoms with Gasteiger partial charge in [-0.05, 0) is 52.4 Å². The Balaban J connectivity index is 0.000000344. The third-order valence-corrected chi connectivity index (χ3v) is 4.34. The third-order valence-electron chi connectivity index (χ3n) is 4.34. The molecule has 2 bridgehead atoms. The maximum atomic E-state index is 9.96. The summed E-state index contributed by atoms with van der Waals surface area (Å²) in [6, 6.07) is 0. The Morgan fingerprint density at radius 3 is 1.68 bits per heavy atom. The number of hydrogen-bond donors (Lipinski definition) is 0. The minimum absolute atomic E-state index is 0.157. The van der Waals surface area contributed by atoms with Gasteiger partial charge in [0, 0.05) is 13.3 Å². The van der Waals surface area contributed by atoms with E-state index in [0.29, 0.717) is 6.42 Å². The Hall–Kier alpha value is -1.10. The first-order valence-electron chi connectivity index (χ1n) is 7.91. The van der Waals surface area contributed by atoms with Crippen LogP contribution in [-0.4, -0.2) is 37.4 Å². The standard InChI is InChI=1S/C10H18O.C4H8O2.C3H6O2/c1-9(2)8-4-6-10(3,11-9)7-5-8;1-3-4(5)6-2;1-3(4)5-2/h8H,4-7H2,1-3H3;3H2,1-2H3;1-2H3. The molecule has 2 aliphatic heterocycles. The van der Waals surface area contributed by atoms with Crippen molar-refractivity contribution in [2.24, 2.45) is 5.92 Å². The quantitative estimate of drug-likeness (QED) is 0.693. The highest BCUT2D eigenvalue weighted by Crippen LogP contribution is 2.49. The van der Waals surface area contributed by atoms with E-state index in [9.17, 15) is 9.59 Å². The molecule has 0 aromatic carbocycles. The van der Waals surface area contributed by atoms with Crippen LogP contribution in [0.25, 0.3) is 0 Å². The Morgan fingerprint density at radius 1 is 1.09 bits per heavy atom. The van der Waals surface area contributed by atoms with Crippen LogP contribution in [0.5, 0.6) is 0 Å². The van der Waals surface area contributed by atoms with E-state index in [1.54, 1.807) is 6.92 Å². The van der Waals surface area contributed by atoms with Crippen molar-refractivity contribution in [1.29, 1.82) is 0 Å². The molecule has 130 valence electrons. The summed E-state index contributed by atoms with van der Waals surface area (Å²) in [6.07, 6.45) is 5.78. The Labute approximate surface area is 134 Å². The highest BCUT2D eigenvalue weighted by atomic mass is 16.5. The molecule has 5 heteroatoms. The minimum atomic E-state index is -0.245. The van der Waals surface area contributed by atoms with Crippen molar-refractivity contribution in [3.63, 3.8) is 0 Å². The summed E-state index contributed by atoms with van der Waals surface area (Å²) in [4.78, 5) is 19.5. The van der Waals surface area contributed by atoms with E-state index in [1.807, 2.05) is 0 Å². The number of methoxy groups -OCH3 is 2. The van der Waals surface area contributed by atoms with Gasteiger partial charge in [-0.15, -0.1) is 0 Å². The number of rotatable bonds is 1. The average Bonchev–Trinajstić information content (AvgIpc) is 2.46. The Kier molecular flexibility index (Phi) is 8.68. The molecule has 0 atom stereocenters. The van der Waals surface area contributed by atoms with Crippen molar-refractivity contribution in [3.8, 4) is 0 Å². The largest absolute Gasteiger partial charge is 0.469 e. The zero-order chi connectivity index (χ0) is 17.4. The van der Waals surface area contributed by atoms with Crippen molar-refractivity contribution in [2.75, 3.05) is 14.2 Å². The van der Waals surface area contributed by atoms with Gasteiger partial charge in [-0.2, -0.15) is 0 Å². The van der Waals surface area contributed by atoms with E-state index < -0.39 is 0 Å². The maximum Gasteiger partial charge on any atom is 0.305 e. The van der Waals surface area contributed by atoms with Crippen molar-refractivity contribution in [2.45, 2.75) is 77.9 Å². The fourth-order valence-corrected chi connectivity index (χ4v) is 2.89. The zero-order valence-corrected chi connectivity index (χ0v) is 15.2. The SMILES string of the molecule is CC12CCC(CC1)C(C)(C)O2.CCC(=O)OC.COC(C)=O. The molecule has 0 amide bonds. The summed E-state index contributed by atoms with van der Waals surface area (Å²) >= 11 is 0. The van der Waals surface area contributed by atoms with E-state index in [0.717, 1.165) is 5.92 Å². The topological polar surface area (TPSA) is 61.8 Å². The number of esters is 2. The normalized spacial score (nSPS) is 27.5. The van der Waals surface area contributed by atoms with Gasteiger partial charge in [-0.25, -0.2) is 0 Å². The lowest BCUT2D eigenvalue weighted by Crippen LogP contribution is -2.53. The molecule has 0 spiro atoms. The van der Waals surface area contributed by atoms with Crippen LogP contribution in [0.3, 0.4) is 0 Å². The molecule has 0 aromatic heterocycles. The Morgan fingerprint density at radius 2 is 1.55 bits per heavy atom. The highest BCUT2D eigenvalue weighted by molar-refractivity contribution is 5.68. The minimum Gasteiger partial charge on any atom is -0.469 e. The number of fused-ring (bicyclic) bond motifs is 3. The predicted molar refractivity (Wildman–Crippen MR) is 85.5 cm³/mol. The fraction of sp³-hybridized carbons (Fsp3) is 0.882. The number of carbonyl (C=O) groups excluding carboxylic acids is 2. The average molecular weight is 316 g/mol. The van der Waals surface area contributed by atoms with Crippen LogP contribution in [0.15, 0.2) is 0 Å². The molecular formula is C17H32O5. The molecule has 5 nitrogen and oxygen atoms in total. The molecule has 0 unspecified atom stereocenters. The van der Waals surface area contributed by atoms with Crippen molar-refractivity contribution >= 4 is 11.9 Å². The molecule has 3 fully saturated rings. The lowest BCUT2D eigenvalue weighted by atomic mass is 9.69. The summed E-state index contributed by atoms with van der Waals surface area (Å²) < 4.78 is 14.4. The first-order valence-corrected chi connectivity index (χ1v) is 7.91. The summed E-state index contributed by atoms with van der Waals surface area (Å²) in [5.41, 5.74) is 0.378. The van der Waals surface area contributed by atoms with Crippen LogP contribution in [-0.2, 0) is 23.8 Å². The second-order valence-corrected chi connectivity index (χ2v) is 6.56. The molecular weight excluding hydrogens is 284 g/mol. The van der Waals surface area contributed by atoms with Crippen LogP contribution in [0.2, 0.25) is 0 Å². The summed E-state index contributed by atoms with van der Waals surface area (Å²) in [7, 11) is 2.73. The second kappa shape index (κ2) is 9.13. The first kappa shape index (κ1) is 20.9. The Bertz CT molecular complexity index is 345. The van der Waals surface area contributed by atoms with Gasteiger partial charge in [0.2, 0.25) is 0 Å². The number of carbonyl (C=O) groups is 2. The van der Waals surface area contributed by atoms with Crippen LogP contribution >= 0.6 is 0 Å². The van der Waals surface area contributed by atoms with E-state index in [4.69, 9.17) is 4.74 Å². The van der Waals surface area contributed by atoms with Crippen molar-refractivity contribution in [3.05, 3.63) is 0 Å². The van der Waals surface area contributed by atoms with E-state index >= 15 is 0 Å². The van der Waals surface area contributed by atoms with Gasteiger partial charge >= 0.3 is 11.9 Å². The summed E-state index contributed by atoms with van der Waals surface area (Å²) in [6.45, 7) is 9.87. The lowest BCUT2D eigenvalue weighted by molar-refractivity contribution is -0.229. The van der Waals surface area contributed by atoms with Gasteiger partial charge < -0.3 is 14.2 Å². The van der Waals surface area contributed by atoms with Crippen LogP contribution in [0.1, 0.15) is 66.7 Å². The molecule has 1 saturated carbocycles. The summed E-state index contributed by atoms with van der Waals surface area (Å²) in [5, 5.41) is 0. The number of ether oxygens (including phenoxy) is 3. The molecule has 1 aliphatic carbocycles. The first-order chi connectivity index (χ1) is 10.1. The van der Waals surface area contributed by atoms with Gasteiger partial charge in [0.1, 0.15) is 0 Å². The van der Waals surface area contributed by atoms with Crippen molar-refractivity contribution in [1.82, 2.24) is 0 Å². The predicted octanol–water partition coefficient (Wildman–Crippen LogP) is 3.49. The van der Waals surface area contributed by atoms with Crippen LogP contribution in [0.4, 0.5) is 0 Å². The van der Waals surface area contributed by atoms with Gasteiger partial charge in [-0.1, -0.05) is 6.92 Å². The smallest absolute Gasteiger partial charge is 0.305 e. The molecule has 3 aliphatic rings. The van der Waals surface area contributed by atoms with E-state index in [-0.39, 0.29) is 23.1 Å². The van der Waals surface area contributed by atoms with Gasteiger partial charge in [0.05, 0.1) is 25.4 Å². The van der Waals surface area contributed by atoms with E-state index in [1.165, 1.54) is 46.8 Å². The van der Waals surface area contributed by atoms with E-state index in [2.05, 4.69) is 30.2 Å². The molecule has 2 heterocycles. The maximum absolute atomic E-state index is 9.96. The van der Waals surface area contributed by atoms with Gasteiger partial charge in [-0.3, -0.25) is 9.59 Å². The highest BCUT2D eigenvalue weighted by Gasteiger charge is 2.47. The van der Waals surface area contributed by atoms with Gasteiger partial charge in [0.25, 0.3) is 0 Å². The summed E-state index contributed by atoms with van der Waals surface area (Å²) in [5.74, 6) is 0.421. The van der Waals surface area contributed by atoms with Gasteiger partial charge in [0.15, 0.2) is 0 Å². The molecule has 22 heavy (non-hydrogen) atoms. The molecule has 2 saturated heterocycles. The molecule has 0 N–H and O–H groups in total. The fourth-order valence-electron chi connectivity index (χ4n) is 2.89. The lowest BCUT2D eigenvalue weighted by Gasteiger charge is -2.54.